The molecule has 0 saturated carbocycles. The molecule has 0 bridgehead atoms. The van der Waals surface area contributed by atoms with Crippen LogP contribution in [0.4, 0.5) is 0 Å². The summed E-state index contributed by atoms with van der Waals surface area (Å²) < 4.78 is 0. The van der Waals surface area contributed by atoms with Gasteiger partial charge in [0.2, 0.25) is 5.24 Å². The lowest BCUT2D eigenvalue weighted by Crippen LogP contribution is -1.78. The molecule has 6 heteroatoms. The van der Waals surface area contributed by atoms with E-state index in [1.807, 2.05) is 0 Å². The van der Waals surface area contributed by atoms with Crippen molar-refractivity contribution in [3.05, 3.63) is 0 Å². The average Bonchev–Trinajstić information content (AvgIpc) is 1.54. The van der Waals surface area contributed by atoms with Gasteiger partial charge in [-0.15, -0.1) is 0 Å². The molecule has 0 aliphatic rings. The van der Waals surface area contributed by atoms with E-state index in [0.29, 0.717) is 0 Å². The van der Waals surface area contributed by atoms with E-state index in [-0.39, 0.29) is 5.24 Å². The largest absolute Gasteiger partial charge is 0.481 e. The highest BCUT2D eigenvalue weighted by Crippen LogP contribution is 1.67. The second kappa shape index (κ2) is 12.6. The van der Waals surface area contributed by atoms with Crippen LogP contribution in [0.15, 0.2) is 0 Å². The van der Waals surface area contributed by atoms with E-state index < -0.39 is 11.9 Å². The minimum absolute atomic E-state index is 0.361. The zero-order valence-electron chi connectivity index (χ0n) is 7.00. The maximum atomic E-state index is 9.21. The summed E-state index contributed by atoms with van der Waals surface area (Å²) in [5, 5.41) is 14.5. The molecule has 0 amide bonds. The molecule has 0 aromatic carbocycles. The number of rotatable bonds is 0. The zero-order valence-corrected chi connectivity index (χ0v) is 7.75. The Morgan fingerprint density at radius 2 is 0.917 bits per heavy atom. The minimum Gasteiger partial charge on any atom is -0.481 e. The molecule has 0 radical (unpaired) electrons. The molecule has 0 aliphatic carbocycles. The Labute approximate surface area is 75.0 Å². The number of hydrogen-bond acceptors (Lipinski definition) is 3. The summed E-state index contributed by atoms with van der Waals surface area (Å²) in [6, 6.07) is 0. The van der Waals surface area contributed by atoms with Gasteiger partial charge in [0, 0.05) is 20.8 Å². The van der Waals surface area contributed by atoms with Gasteiger partial charge in [0.15, 0.2) is 0 Å². The van der Waals surface area contributed by atoms with Crippen molar-refractivity contribution in [2.75, 3.05) is 0 Å². The summed E-state index contributed by atoms with van der Waals surface area (Å²) in [7, 11) is 0. The van der Waals surface area contributed by atoms with Crippen LogP contribution >= 0.6 is 11.6 Å². The van der Waals surface area contributed by atoms with Crippen molar-refractivity contribution in [2.45, 2.75) is 20.8 Å². The monoisotopic (exact) mass is 198 g/mol. The summed E-state index contributed by atoms with van der Waals surface area (Å²) >= 11 is 4.64. The highest BCUT2D eigenvalue weighted by atomic mass is 35.5. The molecule has 0 spiro atoms. The van der Waals surface area contributed by atoms with Gasteiger partial charge in [-0.25, -0.2) is 0 Å². The van der Waals surface area contributed by atoms with Gasteiger partial charge >= 0.3 is 0 Å². The number of carboxylic acids is 2. The minimum atomic E-state index is -0.833. The molecule has 0 atom stereocenters. The van der Waals surface area contributed by atoms with E-state index in [0.717, 1.165) is 13.8 Å². The van der Waals surface area contributed by atoms with E-state index in [4.69, 9.17) is 19.8 Å². The molecule has 5 nitrogen and oxygen atoms in total. The van der Waals surface area contributed by atoms with E-state index >= 15 is 0 Å². The average molecular weight is 199 g/mol. The Morgan fingerprint density at radius 3 is 0.917 bits per heavy atom. The summed E-state index contributed by atoms with van der Waals surface area (Å²) in [6.45, 7) is 3.46. The molecule has 12 heavy (non-hydrogen) atoms. The molecule has 72 valence electrons. The van der Waals surface area contributed by atoms with E-state index in [9.17, 15) is 4.79 Å². The summed E-state index contributed by atoms with van der Waals surface area (Å²) in [6.07, 6.45) is 0. The van der Waals surface area contributed by atoms with Gasteiger partial charge in [-0.3, -0.25) is 14.4 Å². The first-order chi connectivity index (χ1) is 5.20. The van der Waals surface area contributed by atoms with Gasteiger partial charge < -0.3 is 10.2 Å². The summed E-state index contributed by atoms with van der Waals surface area (Å²) in [5.74, 6) is -1.67. The van der Waals surface area contributed by atoms with Crippen molar-refractivity contribution in [1.82, 2.24) is 0 Å². The van der Waals surface area contributed by atoms with Gasteiger partial charge in [-0.1, -0.05) is 0 Å². The van der Waals surface area contributed by atoms with Gasteiger partial charge in [-0.2, -0.15) is 0 Å². The lowest BCUT2D eigenvalue weighted by atomic mass is 10.9. The number of hydrogen-bond donors (Lipinski definition) is 2. The normalized spacial score (nSPS) is 6.33. The fourth-order valence-electron chi connectivity index (χ4n) is 0. The number of aliphatic carboxylic acids is 2. The first kappa shape index (κ1) is 17.1. The number of halogens is 1. The highest BCUT2D eigenvalue weighted by Gasteiger charge is 1.67. The van der Waals surface area contributed by atoms with Crippen LogP contribution in [0.1, 0.15) is 20.8 Å². The zero-order chi connectivity index (χ0) is 10.7. The molecule has 0 aromatic rings. The third-order valence-corrected chi connectivity index (χ3v) is 0. The summed E-state index contributed by atoms with van der Waals surface area (Å²) in [4.78, 5) is 27.2. The molecule has 0 fully saturated rings. The van der Waals surface area contributed by atoms with Crippen LogP contribution in [-0.4, -0.2) is 27.4 Å². The van der Waals surface area contributed by atoms with Crippen molar-refractivity contribution in [2.24, 2.45) is 0 Å². The standard InChI is InChI=1S/C2H3ClO.2C2H4O2/c3*1-2(3)4/h1H3;2*1H3,(H,3,4). The van der Waals surface area contributed by atoms with E-state index in [2.05, 4.69) is 11.6 Å². The number of carbonyl (C=O) groups is 3. The fourth-order valence-corrected chi connectivity index (χ4v) is 0. The smallest absolute Gasteiger partial charge is 0.300 e. The van der Waals surface area contributed by atoms with Crippen LogP contribution in [0.2, 0.25) is 0 Å². The van der Waals surface area contributed by atoms with Crippen molar-refractivity contribution in [1.29, 1.82) is 0 Å². The molecule has 0 rings (SSSR count). The van der Waals surface area contributed by atoms with Crippen LogP contribution < -0.4 is 0 Å². The third kappa shape index (κ3) is 459. The lowest BCUT2D eigenvalue weighted by molar-refractivity contribution is -0.135. The van der Waals surface area contributed by atoms with Gasteiger partial charge in [0.05, 0.1) is 0 Å². The van der Waals surface area contributed by atoms with Gasteiger partial charge in [0.1, 0.15) is 0 Å². The van der Waals surface area contributed by atoms with Crippen molar-refractivity contribution >= 4 is 28.8 Å². The Kier molecular flexibility index (Phi) is 17.9. The van der Waals surface area contributed by atoms with Crippen molar-refractivity contribution in [3.63, 3.8) is 0 Å². The number of carbonyl (C=O) groups excluding carboxylic acids is 1. The Hall–Kier alpha value is -1.10. The second-order valence-corrected chi connectivity index (χ2v) is 2.04. The highest BCUT2D eigenvalue weighted by molar-refractivity contribution is 6.62. The fraction of sp³-hybridized carbons (Fsp3) is 0.500. The summed E-state index contributed by atoms with van der Waals surface area (Å²) in [5.41, 5.74) is 0. The first-order valence-electron chi connectivity index (χ1n) is 2.75. The first-order valence-corrected chi connectivity index (χ1v) is 3.13. The Balaban J connectivity index is -0.000000101. The lowest BCUT2D eigenvalue weighted by Gasteiger charge is -1.59. The van der Waals surface area contributed by atoms with Gasteiger partial charge in [-0.05, 0) is 11.6 Å². The van der Waals surface area contributed by atoms with Crippen LogP contribution in [0, 0.1) is 0 Å². The number of carboxylic acid groups (broad SMARTS) is 2. The maximum absolute atomic E-state index is 9.21. The molecular formula is C6H11ClO5. The topological polar surface area (TPSA) is 91.7 Å². The Morgan fingerprint density at radius 1 is 0.917 bits per heavy atom. The quantitative estimate of drug-likeness (QED) is 0.566. The molecule has 0 unspecified atom stereocenters. The predicted molar refractivity (Wildman–Crippen MR) is 43.2 cm³/mol. The molecule has 0 heterocycles. The third-order valence-electron chi connectivity index (χ3n) is 0. The van der Waals surface area contributed by atoms with Crippen LogP contribution in [0.5, 0.6) is 0 Å². The van der Waals surface area contributed by atoms with E-state index in [1.54, 1.807) is 0 Å². The molecule has 0 aliphatic heterocycles. The molecule has 0 aromatic heterocycles. The molecular weight excluding hydrogens is 188 g/mol. The maximum Gasteiger partial charge on any atom is 0.300 e. The Bertz CT molecular complexity index is 113. The molecule has 2 N–H and O–H groups in total. The second-order valence-electron chi connectivity index (χ2n) is 1.51. The predicted octanol–water partition coefficient (Wildman–Crippen LogP) is 0.954. The van der Waals surface area contributed by atoms with Crippen LogP contribution in [0.3, 0.4) is 0 Å². The molecule has 0 saturated heterocycles. The van der Waals surface area contributed by atoms with Crippen LogP contribution in [0.25, 0.3) is 0 Å². The van der Waals surface area contributed by atoms with Crippen molar-refractivity contribution < 1.29 is 24.6 Å². The van der Waals surface area contributed by atoms with E-state index in [1.165, 1.54) is 6.92 Å². The van der Waals surface area contributed by atoms with Crippen LogP contribution in [-0.2, 0) is 14.4 Å². The SMILES string of the molecule is CC(=O)Cl.CC(=O)O.CC(=O)O. The van der Waals surface area contributed by atoms with Crippen molar-refractivity contribution in [3.8, 4) is 0 Å². The van der Waals surface area contributed by atoms with Gasteiger partial charge in [0.25, 0.3) is 11.9 Å².